The number of hydrogen-bond acceptors (Lipinski definition) is 1. The van der Waals surface area contributed by atoms with Crippen molar-refractivity contribution in [1.29, 1.82) is 0 Å². The van der Waals surface area contributed by atoms with Gasteiger partial charge in [-0.1, -0.05) is 92.6 Å². The van der Waals surface area contributed by atoms with Crippen LogP contribution in [0.5, 0.6) is 0 Å². The average Bonchev–Trinajstić information content (AvgIpc) is 2.89. The summed E-state index contributed by atoms with van der Waals surface area (Å²) in [4.78, 5) is 13.3. The molecule has 2 atom stereocenters. The monoisotopic (exact) mass is 342 g/mol. The molecule has 0 radical (unpaired) electrons. The highest BCUT2D eigenvalue weighted by Crippen LogP contribution is 2.68. The number of allylic oxidation sites excluding steroid dienone is 2. The van der Waals surface area contributed by atoms with Crippen molar-refractivity contribution in [3.8, 4) is 0 Å². The lowest BCUT2D eigenvalue weighted by atomic mass is 9.70. The van der Waals surface area contributed by atoms with Gasteiger partial charge in [0.05, 0.1) is 0 Å². The lowest BCUT2D eigenvalue weighted by Crippen LogP contribution is -2.32. The second-order valence-corrected chi connectivity index (χ2v) is 8.63. The molecule has 2 aromatic rings. The molecule has 2 saturated carbocycles. The third-order valence-electron chi connectivity index (χ3n) is 6.70. The second-order valence-electron chi connectivity index (χ2n) is 8.63. The van der Waals surface area contributed by atoms with E-state index in [0.29, 0.717) is 5.78 Å². The molecule has 2 aromatic carbocycles. The zero-order valence-electron chi connectivity index (χ0n) is 16.0. The van der Waals surface area contributed by atoms with Crippen molar-refractivity contribution in [2.75, 3.05) is 0 Å². The van der Waals surface area contributed by atoms with E-state index < -0.39 is 0 Å². The van der Waals surface area contributed by atoms with Crippen molar-refractivity contribution in [2.45, 2.75) is 34.1 Å². The molecule has 1 nitrogen and oxygen atoms in total. The molecule has 0 aromatic heterocycles. The van der Waals surface area contributed by atoms with E-state index in [-0.39, 0.29) is 16.7 Å². The fraction of sp³-hybridized carbons (Fsp3) is 0.320. The second kappa shape index (κ2) is 5.81. The SMILES string of the molecule is Cc1ccc(C=C2CC3(C)C(=O)C(=Cc4ccccc4)C2C3(C)C)cc1. The van der Waals surface area contributed by atoms with E-state index in [9.17, 15) is 4.79 Å². The summed E-state index contributed by atoms with van der Waals surface area (Å²) in [6.45, 7) is 8.79. The number of ketones is 1. The summed E-state index contributed by atoms with van der Waals surface area (Å²) < 4.78 is 0. The molecule has 1 heteroatoms. The van der Waals surface area contributed by atoms with Crippen molar-refractivity contribution < 1.29 is 4.79 Å². The zero-order chi connectivity index (χ0) is 18.5. The van der Waals surface area contributed by atoms with Gasteiger partial charge in [-0.2, -0.15) is 0 Å². The molecular weight excluding hydrogens is 316 g/mol. The Balaban J connectivity index is 1.82. The Morgan fingerprint density at radius 1 is 0.885 bits per heavy atom. The van der Waals surface area contributed by atoms with Crippen LogP contribution in [0, 0.1) is 23.7 Å². The van der Waals surface area contributed by atoms with Crippen LogP contribution in [0.15, 0.2) is 65.7 Å². The largest absolute Gasteiger partial charge is 0.294 e. The first-order valence-corrected chi connectivity index (χ1v) is 9.41. The van der Waals surface area contributed by atoms with E-state index in [1.165, 1.54) is 16.7 Å². The summed E-state index contributed by atoms with van der Waals surface area (Å²) in [5, 5.41) is 0. The molecule has 0 aliphatic heterocycles. The van der Waals surface area contributed by atoms with Gasteiger partial charge in [-0.25, -0.2) is 0 Å². The molecule has 4 rings (SSSR count). The standard InChI is InChI=1S/C25H26O/c1-17-10-12-19(13-11-17)14-20-16-25(4)23(26)21(22(20)24(25,2)3)15-18-8-6-5-7-9-18/h5-15,22H,16H2,1-4H3. The molecule has 2 unspecified atom stereocenters. The van der Waals surface area contributed by atoms with Gasteiger partial charge in [0.25, 0.3) is 0 Å². The minimum Gasteiger partial charge on any atom is -0.294 e. The number of fused-ring (bicyclic) bond motifs is 2. The molecule has 2 aliphatic carbocycles. The lowest BCUT2D eigenvalue weighted by Gasteiger charge is -2.31. The highest BCUT2D eigenvalue weighted by Gasteiger charge is 2.65. The fourth-order valence-electron chi connectivity index (χ4n) is 4.82. The maximum atomic E-state index is 13.3. The third kappa shape index (κ3) is 2.41. The number of carbonyl (C=O) groups is 1. The van der Waals surface area contributed by atoms with Crippen LogP contribution in [0.3, 0.4) is 0 Å². The Kier molecular flexibility index (Phi) is 3.80. The minimum atomic E-state index is -0.311. The molecule has 2 aliphatic rings. The van der Waals surface area contributed by atoms with Crippen molar-refractivity contribution in [2.24, 2.45) is 16.7 Å². The predicted octanol–water partition coefficient (Wildman–Crippen LogP) is 6.10. The quantitative estimate of drug-likeness (QED) is 0.603. The van der Waals surface area contributed by atoms with Gasteiger partial charge in [0, 0.05) is 16.9 Å². The van der Waals surface area contributed by atoms with Gasteiger partial charge in [0.2, 0.25) is 0 Å². The molecule has 26 heavy (non-hydrogen) atoms. The van der Waals surface area contributed by atoms with Crippen molar-refractivity contribution in [1.82, 2.24) is 0 Å². The third-order valence-corrected chi connectivity index (χ3v) is 6.70. The number of hydrogen-bond donors (Lipinski definition) is 0. The van der Waals surface area contributed by atoms with Crippen LogP contribution in [0.4, 0.5) is 0 Å². The minimum absolute atomic E-state index is 0.0543. The van der Waals surface area contributed by atoms with Crippen molar-refractivity contribution in [3.05, 3.63) is 82.4 Å². The van der Waals surface area contributed by atoms with Gasteiger partial charge >= 0.3 is 0 Å². The fourth-order valence-corrected chi connectivity index (χ4v) is 4.82. The van der Waals surface area contributed by atoms with Crippen LogP contribution in [0.25, 0.3) is 12.2 Å². The maximum absolute atomic E-state index is 13.3. The normalized spacial score (nSPS) is 29.7. The summed E-state index contributed by atoms with van der Waals surface area (Å²) in [5.41, 5.74) is 5.61. The maximum Gasteiger partial charge on any atom is 0.166 e. The summed E-state index contributed by atoms with van der Waals surface area (Å²) in [6.07, 6.45) is 5.29. The topological polar surface area (TPSA) is 17.1 Å². The molecule has 0 spiro atoms. The molecule has 0 N–H and O–H groups in total. The van der Waals surface area contributed by atoms with Gasteiger partial charge in [-0.3, -0.25) is 4.79 Å². The van der Waals surface area contributed by atoms with Gasteiger partial charge < -0.3 is 0 Å². The van der Waals surface area contributed by atoms with E-state index in [1.807, 2.05) is 18.2 Å². The summed E-state index contributed by atoms with van der Waals surface area (Å²) >= 11 is 0. The Morgan fingerprint density at radius 3 is 2.12 bits per heavy atom. The van der Waals surface area contributed by atoms with E-state index in [2.05, 4.69) is 76.2 Å². The van der Waals surface area contributed by atoms with Crippen LogP contribution in [-0.2, 0) is 4.79 Å². The summed E-state index contributed by atoms with van der Waals surface area (Å²) in [7, 11) is 0. The van der Waals surface area contributed by atoms with E-state index in [0.717, 1.165) is 17.6 Å². The molecule has 0 heterocycles. The van der Waals surface area contributed by atoms with Crippen molar-refractivity contribution >= 4 is 17.9 Å². The highest BCUT2D eigenvalue weighted by molar-refractivity contribution is 6.09. The van der Waals surface area contributed by atoms with E-state index in [1.54, 1.807) is 0 Å². The lowest BCUT2D eigenvalue weighted by molar-refractivity contribution is -0.125. The van der Waals surface area contributed by atoms with Gasteiger partial charge in [0.1, 0.15) is 0 Å². The zero-order valence-corrected chi connectivity index (χ0v) is 16.0. The number of benzene rings is 2. The van der Waals surface area contributed by atoms with Gasteiger partial charge in [0.15, 0.2) is 5.78 Å². The molecule has 2 fully saturated rings. The molecular formula is C25H26O. The number of carbonyl (C=O) groups excluding carboxylic acids is 1. The van der Waals surface area contributed by atoms with Crippen LogP contribution in [0.2, 0.25) is 0 Å². The van der Waals surface area contributed by atoms with Crippen LogP contribution < -0.4 is 0 Å². The van der Waals surface area contributed by atoms with E-state index in [4.69, 9.17) is 0 Å². The van der Waals surface area contributed by atoms with Crippen LogP contribution in [0.1, 0.15) is 43.9 Å². The van der Waals surface area contributed by atoms with Crippen LogP contribution in [-0.4, -0.2) is 5.78 Å². The molecule has 2 bridgehead atoms. The number of Topliss-reactive ketones (excluding diaryl/α,β-unsaturated/α-hetero) is 1. The first kappa shape index (κ1) is 17.0. The first-order chi connectivity index (χ1) is 12.3. The highest BCUT2D eigenvalue weighted by atomic mass is 16.1. The molecule has 0 amide bonds. The molecule has 0 saturated heterocycles. The Hall–Kier alpha value is -2.41. The van der Waals surface area contributed by atoms with Crippen molar-refractivity contribution in [3.63, 3.8) is 0 Å². The predicted molar refractivity (Wildman–Crippen MR) is 109 cm³/mol. The number of rotatable bonds is 2. The Morgan fingerprint density at radius 2 is 1.50 bits per heavy atom. The average molecular weight is 342 g/mol. The summed E-state index contributed by atoms with van der Waals surface area (Å²) in [6, 6.07) is 18.9. The summed E-state index contributed by atoms with van der Waals surface area (Å²) in [5.74, 6) is 0.527. The van der Waals surface area contributed by atoms with Gasteiger partial charge in [-0.05, 0) is 36.0 Å². The van der Waals surface area contributed by atoms with E-state index >= 15 is 0 Å². The van der Waals surface area contributed by atoms with Gasteiger partial charge in [-0.15, -0.1) is 0 Å². The number of aryl methyl sites for hydroxylation is 1. The Labute approximate surface area is 156 Å². The Bertz CT molecular complexity index is 912. The first-order valence-electron chi connectivity index (χ1n) is 9.41. The smallest absolute Gasteiger partial charge is 0.166 e. The molecule has 132 valence electrons. The van der Waals surface area contributed by atoms with Crippen LogP contribution >= 0.6 is 0 Å².